The number of fused-ring (bicyclic) bond motifs is 1. The van der Waals surface area contributed by atoms with Crippen molar-refractivity contribution < 1.29 is 5.11 Å². The summed E-state index contributed by atoms with van der Waals surface area (Å²) in [5, 5.41) is 16.6. The van der Waals surface area contributed by atoms with Crippen LogP contribution < -0.4 is 5.43 Å². The normalized spacial score (nSPS) is 11.1. The minimum Gasteiger partial charge on any atom is -0.507 e. The van der Waals surface area contributed by atoms with E-state index in [0.717, 1.165) is 33.3 Å². The van der Waals surface area contributed by atoms with Gasteiger partial charge in [0, 0.05) is 16.7 Å². The third-order valence-electron chi connectivity index (χ3n) is 5.17. The first-order chi connectivity index (χ1) is 15.8. The van der Waals surface area contributed by atoms with E-state index < -0.39 is 0 Å². The minimum absolute atomic E-state index is 0.165. The maximum atomic E-state index is 10.3. The third kappa shape index (κ3) is 4.04. The Morgan fingerprint density at radius 1 is 0.688 bits per heavy atom. The van der Waals surface area contributed by atoms with E-state index in [2.05, 4.69) is 20.5 Å². The van der Waals surface area contributed by atoms with Crippen molar-refractivity contribution in [2.75, 3.05) is 5.43 Å². The summed E-state index contributed by atoms with van der Waals surface area (Å²) in [6.07, 6.45) is 1.60. The molecule has 0 amide bonds. The first-order valence-electron chi connectivity index (χ1n) is 10.3. The van der Waals surface area contributed by atoms with Crippen LogP contribution in [0.15, 0.2) is 108 Å². The summed E-state index contributed by atoms with van der Waals surface area (Å²) in [6.45, 7) is 0. The second-order valence-corrected chi connectivity index (χ2v) is 7.28. The molecular weight excluding hydrogens is 396 g/mol. The summed E-state index contributed by atoms with van der Waals surface area (Å²) < 4.78 is 0. The van der Waals surface area contributed by atoms with Crippen molar-refractivity contribution >= 4 is 22.9 Å². The standard InChI is InChI=1S/C27H20N4O/c32-26-16-15-19-9-7-8-14-22(19)23(26)18-28-31-27-29-24(20-10-3-1-4-11-20)17-25(30-27)21-12-5-2-6-13-21/h1-18,32H,(H,29,30,31). The smallest absolute Gasteiger partial charge is 0.244 e. The van der Waals surface area contributed by atoms with E-state index >= 15 is 0 Å². The molecule has 154 valence electrons. The van der Waals surface area contributed by atoms with E-state index in [4.69, 9.17) is 0 Å². The van der Waals surface area contributed by atoms with Gasteiger partial charge >= 0.3 is 0 Å². The van der Waals surface area contributed by atoms with Crippen LogP contribution in [-0.2, 0) is 0 Å². The molecule has 0 spiro atoms. The van der Waals surface area contributed by atoms with Gasteiger partial charge in [0.25, 0.3) is 0 Å². The molecular formula is C27H20N4O. The number of hydrazone groups is 1. The molecule has 0 aliphatic heterocycles. The molecule has 5 aromatic rings. The summed E-state index contributed by atoms with van der Waals surface area (Å²) in [5.74, 6) is 0.541. The number of anilines is 1. The Balaban J connectivity index is 1.52. The van der Waals surface area contributed by atoms with Gasteiger partial charge in [-0.3, -0.25) is 0 Å². The van der Waals surface area contributed by atoms with Crippen LogP contribution >= 0.6 is 0 Å². The molecule has 5 heteroatoms. The van der Waals surface area contributed by atoms with E-state index in [9.17, 15) is 5.11 Å². The van der Waals surface area contributed by atoms with Gasteiger partial charge in [0.1, 0.15) is 5.75 Å². The number of benzene rings is 4. The minimum atomic E-state index is 0.165. The van der Waals surface area contributed by atoms with Gasteiger partial charge in [-0.05, 0) is 22.9 Å². The van der Waals surface area contributed by atoms with Crippen LogP contribution in [0.3, 0.4) is 0 Å². The SMILES string of the molecule is Oc1ccc2ccccc2c1C=NNc1nc(-c2ccccc2)cc(-c2ccccc2)n1. The van der Waals surface area contributed by atoms with Gasteiger partial charge in [-0.15, -0.1) is 0 Å². The average molecular weight is 416 g/mol. The van der Waals surface area contributed by atoms with Gasteiger partial charge in [0.2, 0.25) is 5.95 Å². The number of hydrogen-bond acceptors (Lipinski definition) is 5. The molecule has 0 unspecified atom stereocenters. The number of nitrogens with one attached hydrogen (secondary N) is 1. The van der Waals surface area contributed by atoms with Crippen molar-refractivity contribution in [3.63, 3.8) is 0 Å². The molecule has 4 aromatic carbocycles. The van der Waals surface area contributed by atoms with Gasteiger partial charge in [0.05, 0.1) is 17.6 Å². The third-order valence-corrected chi connectivity index (χ3v) is 5.17. The zero-order valence-electron chi connectivity index (χ0n) is 17.2. The molecule has 0 saturated carbocycles. The molecule has 5 rings (SSSR count). The zero-order valence-corrected chi connectivity index (χ0v) is 17.2. The number of aromatic hydroxyl groups is 1. The van der Waals surface area contributed by atoms with Crippen LogP contribution in [0.2, 0.25) is 0 Å². The highest BCUT2D eigenvalue weighted by Gasteiger charge is 2.09. The molecule has 5 nitrogen and oxygen atoms in total. The van der Waals surface area contributed by atoms with Gasteiger partial charge < -0.3 is 5.11 Å². The van der Waals surface area contributed by atoms with Crippen molar-refractivity contribution in [2.24, 2.45) is 5.10 Å². The molecule has 32 heavy (non-hydrogen) atoms. The lowest BCUT2D eigenvalue weighted by atomic mass is 10.0. The van der Waals surface area contributed by atoms with Crippen LogP contribution in [0, 0.1) is 0 Å². The molecule has 0 fully saturated rings. The van der Waals surface area contributed by atoms with E-state index in [1.807, 2.05) is 97.1 Å². The number of hydrogen-bond donors (Lipinski definition) is 2. The quantitative estimate of drug-likeness (QED) is 0.268. The highest BCUT2D eigenvalue weighted by molar-refractivity contribution is 6.02. The summed E-state index contributed by atoms with van der Waals surface area (Å²) >= 11 is 0. The highest BCUT2D eigenvalue weighted by atomic mass is 16.3. The van der Waals surface area contributed by atoms with E-state index in [1.54, 1.807) is 12.3 Å². The highest BCUT2D eigenvalue weighted by Crippen LogP contribution is 2.27. The Kier molecular flexibility index (Phi) is 5.29. The second kappa shape index (κ2) is 8.70. The van der Waals surface area contributed by atoms with E-state index in [1.165, 1.54) is 0 Å². The van der Waals surface area contributed by atoms with Crippen molar-refractivity contribution in [3.05, 3.63) is 109 Å². The molecule has 0 saturated heterocycles. The maximum Gasteiger partial charge on any atom is 0.244 e. The first-order valence-corrected chi connectivity index (χ1v) is 10.3. The maximum absolute atomic E-state index is 10.3. The van der Waals surface area contributed by atoms with Gasteiger partial charge in [-0.25, -0.2) is 15.4 Å². The van der Waals surface area contributed by atoms with Crippen molar-refractivity contribution in [1.29, 1.82) is 0 Å². The van der Waals surface area contributed by atoms with Crippen LogP contribution in [0.25, 0.3) is 33.3 Å². The molecule has 0 bridgehead atoms. The number of phenolic OH excluding ortho intramolecular Hbond substituents is 1. The molecule has 2 N–H and O–H groups in total. The zero-order chi connectivity index (χ0) is 21.8. The molecule has 1 heterocycles. The monoisotopic (exact) mass is 416 g/mol. The summed E-state index contributed by atoms with van der Waals surface area (Å²) in [7, 11) is 0. The predicted molar refractivity (Wildman–Crippen MR) is 130 cm³/mol. The average Bonchev–Trinajstić information content (AvgIpc) is 2.86. The lowest BCUT2D eigenvalue weighted by Gasteiger charge is -2.09. The predicted octanol–water partition coefficient (Wildman–Crippen LogP) is 6.12. The fourth-order valence-electron chi connectivity index (χ4n) is 3.59. The van der Waals surface area contributed by atoms with E-state index in [0.29, 0.717) is 11.5 Å². The molecule has 0 aliphatic rings. The molecule has 0 atom stereocenters. The lowest BCUT2D eigenvalue weighted by molar-refractivity contribution is 0.475. The molecule has 1 aromatic heterocycles. The van der Waals surface area contributed by atoms with Crippen LogP contribution in [0.4, 0.5) is 5.95 Å². The Bertz CT molecular complexity index is 1340. The second-order valence-electron chi connectivity index (χ2n) is 7.28. The number of nitrogens with zero attached hydrogens (tertiary/aromatic N) is 3. The Morgan fingerprint density at radius 3 is 1.94 bits per heavy atom. The van der Waals surface area contributed by atoms with Gasteiger partial charge in [-0.1, -0.05) is 91.0 Å². The van der Waals surface area contributed by atoms with Crippen LogP contribution in [0.5, 0.6) is 5.75 Å². The van der Waals surface area contributed by atoms with Gasteiger partial charge in [-0.2, -0.15) is 5.10 Å². The summed E-state index contributed by atoms with van der Waals surface area (Å²) in [6, 6.07) is 33.3. The van der Waals surface area contributed by atoms with Gasteiger partial charge in [0.15, 0.2) is 0 Å². The van der Waals surface area contributed by atoms with Crippen LogP contribution in [0.1, 0.15) is 5.56 Å². The fraction of sp³-hybridized carbons (Fsp3) is 0. The summed E-state index contributed by atoms with van der Waals surface area (Å²) in [5.41, 5.74) is 7.15. The van der Waals surface area contributed by atoms with Crippen molar-refractivity contribution in [1.82, 2.24) is 9.97 Å². The van der Waals surface area contributed by atoms with E-state index in [-0.39, 0.29) is 5.75 Å². The molecule has 0 radical (unpaired) electrons. The number of phenols is 1. The van der Waals surface area contributed by atoms with Crippen LogP contribution in [-0.4, -0.2) is 21.3 Å². The molecule has 0 aliphatic carbocycles. The fourth-order valence-corrected chi connectivity index (χ4v) is 3.59. The Hall–Kier alpha value is -4.51. The largest absolute Gasteiger partial charge is 0.507 e. The Morgan fingerprint density at radius 2 is 1.28 bits per heavy atom. The topological polar surface area (TPSA) is 70.4 Å². The van der Waals surface area contributed by atoms with Crippen molar-refractivity contribution in [3.8, 4) is 28.3 Å². The summed E-state index contributed by atoms with van der Waals surface area (Å²) in [4.78, 5) is 9.29. The Labute approximate surface area is 185 Å². The first kappa shape index (κ1) is 19.5. The number of aromatic nitrogens is 2. The van der Waals surface area contributed by atoms with Crippen molar-refractivity contribution in [2.45, 2.75) is 0 Å². The lowest BCUT2D eigenvalue weighted by Crippen LogP contribution is -2.00. The number of rotatable bonds is 5.